The first kappa shape index (κ1) is 11.0. The molecular weight excluding hydrogens is 160 g/mol. The Morgan fingerprint density at radius 1 is 1.31 bits per heavy atom. The molecule has 0 spiro atoms. The molecule has 0 bridgehead atoms. The van der Waals surface area contributed by atoms with Gasteiger partial charge in [-0.15, -0.1) is 0 Å². The summed E-state index contributed by atoms with van der Waals surface area (Å²) in [4.78, 5) is 2.43. The lowest BCUT2D eigenvalue weighted by Gasteiger charge is -2.23. The highest BCUT2D eigenvalue weighted by Crippen LogP contribution is 2.51. The van der Waals surface area contributed by atoms with Crippen molar-refractivity contribution in [1.29, 1.82) is 0 Å². The molecule has 0 aromatic carbocycles. The van der Waals surface area contributed by atoms with Gasteiger partial charge in [-0.2, -0.15) is 0 Å². The fourth-order valence-corrected chi connectivity index (χ4v) is 1.78. The largest absolute Gasteiger partial charge is 0.330 e. The number of nitrogens with two attached hydrogens (primary N) is 1. The maximum atomic E-state index is 5.61. The van der Waals surface area contributed by atoms with Crippen LogP contribution in [0.1, 0.15) is 39.5 Å². The standard InChI is InChI=1S/C11H24N2/c1-10(2)13(3)9-7-11(4-5-11)6-8-12/h10H,4-9,12H2,1-3H3. The van der Waals surface area contributed by atoms with Crippen molar-refractivity contribution < 1.29 is 0 Å². The molecule has 0 radical (unpaired) electrons. The lowest BCUT2D eigenvalue weighted by atomic mass is 9.98. The van der Waals surface area contributed by atoms with E-state index in [0.29, 0.717) is 11.5 Å². The molecule has 1 rings (SSSR count). The van der Waals surface area contributed by atoms with Gasteiger partial charge in [-0.25, -0.2) is 0 Å². The SMILES string of the molecule is CC(C)N(C)CCC1(CCN)CC1. The van der Waals surface area contributed by atoms with Gasteiger partial charge in [0.25, 0.3) is 0 Å². The molecule has 0 atom stereocenters. The molecule has 0 aromatic heterocycles. The molecule has 0 saturated heterocycles. The van der Waals surface area contributed by atoms with Crippen LogP contribution in [0.5, 0.6) is 0 Å². The van der Waals surface area contributed by atoms with Gasteiger partial charge in [0.15, 0.2) is 0 Å². The molecular formula is C11H24N2. The highest BCUT2D eigenvalue weighted by Gasteiger charge is 2.40. The molecule has 13 heavy (non-hydrogen) atoms. The molecule has 0 unspecified atom stereocenters. The quantitative estimate of drug-likeness (QED) is 0.682. The Balaban J connectivity index is 2.18. The molecule has 1 fully saturated rings. The Morgan fingerprint density at radius 2 is 1.92 bits per heavy atom. The van der Waals surface area contributed by atoms with Crippen LogP contribution in [-0.2, 0) is 0 Å². The summed E-state index contributed by atoms with van der Waals surface area (Å²) in [6.45, 7) is 6.61. The zero-order chi connectivity index (χ0) is 9.90. The van der Waals surface area contributed by atoms with Crippen molar-refractivity contribution in [2.24, 2.45) is 11.1 Å². The maximum absolute atomic E-state index is 5.61. The van der Waals surface area contributed by atoms with E-state index < -0.39 is 0 Å². The van der Waals surface area contributed by atoms with Crippen molar-refractivity contribution >= 4 is 0 Å². The predicted molar refractivity (Wildman–Crippen MR) is 57.7 cm³/mol. The third-order valence-corrected chi connectivity index (χ3v) is 3.51. The Bertz CT molecular complexity index is 150. The van der Waals surface area contributed by atoms with Crippen LogP contribution in [0.15, 0.2) is 0 Å². The van der Waals surface area contributed by atoms with E-state index in [1.807, 2.05) is 0 Å². The van der Waals surface area contributed by atoms with Gasteiger partial charge in [0.1, 0.15) is 0 Å². The Hall–Kier alpha value is -0.0800. The van der Waals surface area contributed by atoms with Crippen LogP contribution in [0.3, 0.4) is 0 Å². The molecule has 0 amide bonds. The first-order valence-corrected chi connectivity index (χ1v) is 5.50. The van der Waals surface area contributed by atoms with Gasteiger partial charge < -0.3 is 10.6 Å². The monoisotopic (exact) mass is 184 g/mol. The first-order valence-electron chi connectivity index (χ1n) is 5.50. The summed E-state index contributed by atoms with van der Waals surface area (Å²) in [5.41, 5.74) is 6.26. The third-order valence-electron chi connectivity index (χ3n) is 3.51. The number of rotatable bonds is 6. The fraction of sp³-hybridized carbons (Fsp3) is 1.00. The van der Waals surface area contributed by atoms with Gasteiger partial charge in [-0.05, 0) is 65.1 Å². The van der Waals surface area contributed by atoms with Crippen molar-refractivity contribution in [2.45, 2.75) is 45.6 Å². The lowest BCUT2D eigenvalue weighted by molar-refractivity contribution is 0.241. The first-order chi connectivity index (χ1) is 6.09. The Kier molecular flexibility index (Phi) is 3.74. The van der Waals surface area contributed by atoms with E-state index >= 15 is 0 Å². The van der Waals surface area contributed by atoms with Crippen LogP contribution in [0.25, 0.3) is 0 Å². The van der Waals surface area contributed by atoms with Crippen LogP contribution < -0.4 is 5.73 Å². The van der Waals surface area contributed by atoms with Crippen molar-refractivity contribution in [3.63, 3.8) is 0 Å². The number of nitrogens with zero attached hydrogens (tertiary/aromatic N) is 1. The molecule has 2 N–H and O–H groups in total. The highest BCUT2D eigenvalue weighted by molar-refractivity contribution is 4.93. The van der Waals surface area contributed by atoms with Crippen LogP contribution >= 0.6 is 0 Å². The van der Waals surface area contributed by atoms with E-state index in [2.05, 4.69) is 25.8 Å². The van der Waals surface area contributed by atoms with E-state index in [-0.39, 0.29) is 0 Å². The van der Waals surface area contributed by atoms with Crippen molar-refractivity contribution in [3.05, 3.63) is 0 Å². The number of hydrogen-bond acceptors (Lipinski definition) is 2. The maximum Gasteiger partial charge on any atom is 0.00355 e. The molecule has 0 aromatic rings. The van der Waals surface area contributed by atoms with E-state index in [1.54, 1.807) is 0 Å². The van der Waals surface area contributed by atoms with Crippen LogP contribution in [-0.4, -0.2) is 31.1 Å². The summed E-state index contributed by atoms with van der Waals surface area (Å²) >= 11 is 0. The zero-order valence-electron chi connectivity index (χ0n) is 9.34. The van der Waals surface area contributed by atoms with Gasteiger partial charge in [0, 0.05) is 6.04 Å². The van der Waals surface area contributed by atoms with Crippen molar-refractivity contribution in [2.75, 3.05) is 20.1 Å². The average Bonchev–Trinajstić information content (AvgIpc) is 2.82. The molecule has 1 aliphatic rings. The highest BCUT2D eigenvalue weighted by atomic mass is 15.1. The summed E-state index contributed by atoms with van der Waals surface area (Å²) in [6.07, 6.45) is 5.41. The molecule has 1 saturated carbocycles. The summed E-state index contributed by atoms with van der Waals surface area (Å²) < 4.78 is 0. The third kappa shape index (κ3) is 3.28. The second-order valence-corrected chi connectivity index (χ2v) is 4.86. The fourth-order valence-electron chi connectivity index (χ4n) is 1.78. The minimum absolute atomic E-state index is 0.651. The van der Waals surface area contributed by atoms with Crippen molar-refractivity contribution in [3.8, 4) is 0 Å². The zero-order valence-corrected chi connectivity index (χ0v) is 9.34. The van der Waals surface area contributed by atoms with Crippen molar-refractivity contribution in [1.82, 2.24) is 4.90 Å². The second kappa shape index (κ2) is 4.43. The molecule has 2 heteroatoms. The summed E-state index contributed by atoms with van der Waals surface area (Å²) in [5, 5.41) is 0. The van der Waals surface area contributed by atoms with Gasteiger partial charge in [-0.3, -0.25) is 0 Å². The lowest BCUT2D eigenvalue weighted by Crippen LogP contribution is -2.29. The summed E-state index contributed by atoms with van der Waals surface area (Å²) in [7, 11) is 2.21. The van der Waals surface area contributed by atoms with Crippen LogP contribution in [0.4, 0.5) is 0 Å². The van der Waals surface area contributed by atoms with Gasteiger partial charge in [0.2, 0.25) is 0 Å². The molecule has 0 heterocycles. The normalized spacial score (nSPS) is 19.8. The van der Waals surface area contributed by atoms with Gasteiger partial charge in [-0.1, -0.05) is 0 Å². The average molecular weight is 184 g/mol. The molecule has 0 aliphatic heterocycles. The van der Waals surface area contributed by atoms with Crippen LogP contribution in [0.2, 0.25) is 0 Å². The smallest absolute Gasteiger partial charge is 0.00355 e. The summed E-state index contributed by atoms with van der Waals surface area (Å²) in [6, 6.07) is 0.675. The predicted octanol–water partition coefficient (Wildman–Crippen LogP) is 1.85. The van der Waals surface area contributed by atoms with E-state index in [1.165, 1.54) is 32.2 Å². The topological polar surface area (TPSA) is 29.3 Å². The Labute approximate surface area is 82.5 Å². The van der Waals surface area contributed by atoms with E-state index in [9.17, 15) is 0 Å². The molecule has 78 valence electrons. The molecule has 2 nitrogen and oxygen atoms in total. The minimum atomic E-state index is 0.651. The van der Waals surface area contributed by atoms with E-state index in [0.717, 1.165) is 6.54 Å². The van der Waals surface area contributed by atoms with Gasteiger partial charge >= 0.3 is 0 Å². The Morgan fingerprint density at radius 3 is 2.31 bits per heavy atom. The number of hydrogen-bond donors (Lipinski definition) is 1. The van der Waals surface area contributed by atoms with E-state index in [4.69, 9.17) is 5.73 Å². The van der Waals surface area contributed by atoms with Crippen LogP contribution in [0, 0.1) is 5.41 Å². The second-order valence-electron chi connectivity index (χ2n) is 4.86. The van der Waals surface area contributed by atoms with Gasteiger partial charge in [0.05, 0.1) is 0 Å². The summed E-state index contributed by atoms with van der Waals surface area (Å²) in [5.74, 6) is 0. The minimum Gasteiger partial charge on any atom is -0.330 e. The molecule has 1 aliphatic carbocycles.